The second-order valence-electron chi connectivity index (χ2n) is 6.00. The maximum absolute atomic E-state index is 12.4. The Labute approximate surface area is 150 Å². The third-order valence-corrected chi connectivity index (χ3v) is 4.55. The van der Waals surface area contributed by atoms with Crippen molar-refractivity contribution in [2.45, 2.75) is 13.0 Å². The van der Waals surface area contributed by atoms with Gasteiger partial charge in [0.15, 0.2) is 0 Å². The molecule has 1 aromatic heterocycles. The second-order valence-corrected chi connectivity index (χ2v) is 6.44. The maximum Gasteiger partial charge on any atom is 0.224 e. The molecular formula is C21H16ClNO2. The van der Waals surface area contributed by atoms with Crippen molar-refractivity contribution in [1.29, 1.82) is 0 Å². The molecule has 0 aliphatic carbocycles. The van der Waals surface area contributed by atoms with Gasteiger partial charge < -0.3 is 9.73 Å². The minimum Gasteiger partial charge on any atom is -0.464 e. The number of carbonyl (C=O) groups is 1. The van der Waals surface area contributed by atoms with Crippen molar-refractivity contribution in [2.75, 3.05) is 0 Å². The fraction of sp³-hybridized carbons (Fsp3) is 0.0952. The fourth-order valence-electron chi connectivity index (χ4n) is 3.04. The molecule has 3 aromatic carbocycles. The molecule has 0 aliphatic rings. The highest BCUT2D eigenvalue weighted by atomic mass is 35.5. The molecule has 4 aromatic rings. The van der Waals surface area contributed by atoms with Crippen LogP contribution in [0.25, 0.3) is 21.7 Å². The van der Waals surface area contributed by atoms with Crippen LogP contribution in [0.1, 0.15) is 11.1 Å². The zero-order valence-corrected chi connectivity index (χ0v) is 14.2. The van der Waals surface area contributed by atoms with Gasteiger partial charge in [-0.2, -0.15) is 0 Å². The lowest BCUT2D eigenvalue weighted by Gasteiger charge is -2.06. The van der Waals surface area contributed by atoms with Gasteiger partial charge in [-0.1, -0.05) is 54.1 Å². The lowest BCUT2D eigenvalue weighted by molar-refractivity contribution is -0.120. The highest BCUT2D eigenvalue weighted by Crippen LogP contribution is 2.30. The van der Waals surface area contributed by atoms with Crippen molar-refractivity contribution in [2.24, 2.45) is 0 Å². The summed E-state index contributed by atoms with van der Waals surface area (Å²) in [6.07, 6.45) is 1.97. The van der Waals surface area contributed by atoms with E-state index in [2.05, 4.69) is 17.4 Å². The van der Waals surface area contributed by atoms with Crippen LogP contribution in [0.2, 0.25) is 5.02 Å². The third kappa shape index (κ3) is 3.24. The van der Waals surface area contributed by atoms with Crippen LogP contribution in [0, 0.1) is 0 Å². The summed E-state index contributed by atoms with van der Waals surface area (Å²) in [6.45, 7) is 0.479. The van der Waals surface area contributed by atoms with E-state index >= 15 is 0 Å². The Hall–Kier alpha value is -2.78. The zero-order valence-electron chi connectivity index (χ0n) is 13.5. The summed E-state index contributed by atoms with van der Waals surface area (Å²) < 4.78 is 5.64. The van der Waals surface area contributed by atoms with Gasteiger partial charge >= 0.3 is 0 Å². The molecule has 25 heavy (non-hydrogen) atoms. The lowest BCUT2D eigenvalue weighted by Crippen LogP contribution is -2.24. The molecule has 0 spiro atoms. The first-order valence-electron chi connectivity index (χ1n) is 8.10. The SMILES string of the molecule is O=C(Cc1coc2ccc3ccccc3c12)NCc1ccc(Cl)cc1. The van der Waals surface area contributed by atoms with E-state index in [4.69, 9.17) is 16.0 Å². The van der Waals surface area contributed by atoms with E-state index < -0.39 is 0 Å². The number of benzene rings is 3. The monoisotopic (exact) mass is 349 g/mol. The van der Waals surface area contributed by atoms with Gasteiger partial charge in [0.25, 0.3) is 0 Å². The van der Waals surface area contributed by atoms with Crippen LogP contribution in [0.5, 0.6) is 0 Å². The molecule has 0 radical (unpaired) electrons. The van der Waals surface area contributed by atoms with E-state index in [9.17, 15) is 4.79 Å². The highest BCUT2D eigenvalue weighted by Gasteiger charge is 2.13. The van der Waals surface area contributed by atoms with Crippen molar-refractivity contribution in [3.05, 3.63) is 83.1 Å². The Morgan fingerprint density at radius 2 is 1.80 bits per heavy atom. The van der Waals surface area contributed by atoms with Gasteiger partial charge in [0.05, 0.1) is 12.7 Å². The normalized spacial score (nSPS) is 11.1. The van der Waals surface area contributed by atoms with Gasteiger partial charge in [-0.15, -0.1) is 0 Å². The van der Waals surface area contributed by atoms with E-state index in [-0.39, 0.29) is 12.3 Å². The standard InChI is InChI=1S/C21H16ClNO2/c22-17-8-5-14(6-9-17)12-23-20(24)11-16-13-25-19-10-7-15-3-1-2-4-18(15)21(16)19/h1-10,13H,11-12H2,(H,23,24). The van der Waals surface area contributed by atoms with Crippen molar-refractivity contribution in [1.82, 2.24) is 5.32 Å². The molecule has 1 amide bonds. The summed E-state index contributed by atoms with van der Waals surface area (Å²) >= 11 is 5.87. The van der Waals surface area contributed by atoms with Gasteiger partial charge in [0.2, 0.25) is 5.91 Å². The van der Waals surface area contributed by atoms with Crippen LogP contribution in [0.3, 0.4) is 0 Å². The molecule has 1 N–H and O–H groups in total. The van der Waals surface area contributed by atoms with E-state index in [1.54, 1.807) is 6.26 Å². The van der Waals surface area contributed by atoms with E-state index in [1.807, 2.05) is 48.5 Å². The fourth-order valence-corrected chi connectivity index (χ4v) is 3.17. The molecule has 4 rings (SSSR count). The number of halogens is 1. The quantitative estimate of drug-likeness (QED) is 0.557. The number of nitrogens with one attached hydrogen (secondary N) is 1. The van der Waals surface area contributed by atoms with Crippen LogP contribution in [-0.2, 0) is 17.8 Å². The predicted octanol–water partition coefficient (Wildman–Crippen LogP) is 5.10. The summed E-state index contributed by atoms with van der Waals surface area (Å²) in [4.78, 5) is 12.4. The van der Waals surface area contributed by atoms with Gasteiger partial charge in [-0.25, -0.2) is 0 Å². The molecule has 4 heteroatoms. The van der Waals surface area contributed by atoms with Crippen molar-refractivity contribution in [3.63, 3.8) is 0 Å². The molecule has 3 nitrogen and oxygen atoms in total. The summed E-state index contributed by atoms with van der Waals surface area (Å²) in [5.41, 5.74) is 2.72. The molecule has 0 unspecified atom stereocenters. The van der Waals surface area contributed by atoms with Crippen molar-refractivity contribution in [3.8, 4) is 0 Å². The number of hydrogen-bond acceptors (Lipinski definition) is 2. The minimum atomic E-state index is -0.0365. The Balaban J connectivity index is 1.55. The first kappa shape index (κ1) is 15.7. The molecule has 0 saturated heterocycles. The number of fused-ring (bicyclic) bond motifs is 3. The molecule has 0 fully saturated rings. The highest BCUT2D eigenvalue weighted by molar-refractivity contribution is 6.30. The molecule has 0 bridgehead atoms. The van der Waals surface area contributed by atoms with Crippen LogP contribution in [0.4, 0.5) is 0 Å². The topological polar surface area (TPSA) is 42.2 Å². The van der Waals surface area contributed by atoms with Crippen LogP contribution in [-0.4, -0.2) is 5.91 Å². The molecular weight excluding hydrogens is 334 g/mol. The average Bonchev–Trinajstić information content (AvgIpc) is 3.04. The number of amides is 1. The second kappa shape index (κ2) is 6.61. The van der Waals surface area contributed by atoms with Crippen LogP contribution < -0.4 is 5.32 Å². The Morgan fingerprint density at radius 1 is 1.00 bits per heavy atom. The number of furan rings is 1. The van der Waals surface area contributed by atoms with Gasteiger partial charge in [-0.3, -0.25) is 4.79 Å². The summed E-state index contributed by atoms with van der Waals surface area (Å²) in [7, 11) is 0. The first-order chi connectivity index (χ1) is 12.2. The Bertz CT molecular complexity index is 1050. The summed E-state index contributed by atoms with van der Waals surface area (Å²) in [6, 6.07) is 19.6. The smallest absolute Gasteiger partial charge is 0.224 e. The molecule has 0 aliphatic heterocycles. The zero-order chi connectivity index (χ0) is 17.2. The van der Waals surface area contributed by atoms with E-state index in [1.165, 1.54) is 0 Å². The average molecular weight is 350 g/mol. The Kier molecular flexibility index (Phi) is 4.16. The lowest BCUT2D eigenvalue weighted by atomic mass is 10.0. The third-order valence-electron chi connectivity index (χ3n) is 4.29. The number of carbonyl (C=O) groups excluding carboxylic acids is 1. The minimum absolute atomic E-state index is 0.0365. The van der Waals surface area contributed by atoms with Crippen molar-refractivity contribution >= 4 is 39.2 Å². The van der Waals surface area contributed by atoms with Crippen molar-refractivity contribution < 1.29 is 9.21 Å². The predicted molar refractivity (Wildman–Crippen MR) is 101 cm³/mol. The number of rotatable bonds is 4. The van der Waals surface area contributed by atoms with Gasteiger partial charge in [0, 0.05) is 22.5 Å². The molecule has 124 valence electrons. The van der Waals surface area contributed by atoms with E-state index in [0.29, 0.717) is 11.6 Å². The molecule has 1 heterocycles. The molecule has 0 atom stereocenters. The van der Waals surface area contributed by atoms with E-state index in [0.717, 1.165) is 32.9 Å². The molecule has 0 saturated carbocycles. The Morgan fingerprint density at radius 3 is 2.64 bits per heavy atom. The summed E-state index contributed by atoms with van der Waals surface area (Å²) in [5.74, 6) is -0.0365. The first-order valence-corrected chi connectivity index (χ1v) is 8.47. The van der Waals surface area contributed by atoms with Crippen LogP contribution in [0.15, 0.2) is 71.3 Å². The van der Waals surface area contributed by atoms with Gasteiger partial charge in [-0.05, 0) is 34.5 Å². The largest absolute Gasteiger partial charge is 0.464 e. The summed E-state index contributed by atoms with van der Waals surface area (Å²) in [5, 5.41) is 6.89. The number of hydrogen-bond donors (Lipinski definition) is 1. The maximum atomic E-state index is 12.4. The van der Waals surface area contributed by atoms with Gasteiger partial charge in [0.1, 0.15) is 5.58 Å². The van der Waals surface area contributed by atoms with Crippen LogP contribution >= 0.6 is 11.6 Å².